The summed E-state index contributed by atoms with van der Waals surface area (Å²) in [7, 11) is 1.59. The van der Waals surface area contributed by atoms with Crippen LogP contribution in [0.3, 0.4) is 0 Å². The summed E-state index contributed by atoms with van der Waals surface area (Å²) in [4.78, 5) is 25.2. The van der Waals surface area contributed by atoms with E-state index in [1.54, 1.807) is 37.6 Å². The summed E-state index contributed by atoms with van der Waals surface area (Å²) in [6.07, 6.45) is 1.75. The molecule has 8 heteroatoms. The van der Waals surface area contributed by atoms with Gasteiger partial charge in [-0.1, -0.05) is 0 Å². The third-order valence-corrected chi connectivity index (χ3v) is 4.08. The van der Waals surface area contributed by atoms with Crippen LogP contribution in [0.4, 0.5) is 17.5 Å². The summed E-state index contributed by atoms with van der Waals surface area (Å²) in [5.74, 6) is 3.26. The predicted molar refractivity (Wildman–Crippen MR) is 113 cm³/mol. The average Bonchev–Trinajstić information content (AvgIpc) is 2.71. The normalized spacial score (nSPS) is 10.3. The molecule has 0 atom stereocenters. The minimum Gasteiger partial charge on any atom is -0.497 e. The Morgan fingerprint density at radius 2 is 1.72 bits per heavy atom. The summed E-state index contributed by atoms with van der Waals surface area (Å²) < 4.78 is 5.10. The quantitative estimate of drug-likeness (QED) is 0.506. The number of pyridine rings is 1. The SMILES string of the molecule is COc1ccc(C(=O)NCCNc2cc(Nc3cc(C)ccn3)nc(C)n2)cc1. The van der Waals surface area contributed by atoms with Crippen LogP contribution in [0, 0.1) is 13.8 Å². The Labute approximate surface area is 169 Å². The van der Waals surface area contributed by atoms with Crippen molar-refractivity contribution in [3.63, 3.8) is 0 Å². The molecule has 1 aromatic carbocycles. The standard InChI is InChI=1S/C21H24N6O2/c1-14-8-9-22-18(12-14)27-20-13-19(25-15(2)26-20)23-10-11-24-21(28)16-4-6-17(29-3)7-5-16/h4-9,12-13H,10-11H2,1-3H3,(H,24,28)(H2,22,23,25,26,27). The smallest absolute Gasteiger partial charge is 0.251 e. The van der Waals surface area contributed by atoms with Gasteiger partial charge in [0.05, 0.1) is 7.11 Å². The largest absolute Gasteiger partial charge is 0.497 e. The van der Waals surface area contributed by atoms with Gasteiger partial charge < -0.3 is 20.7 Å². The highest BCUT2D eigenvalue weighted by Crippen LogP contribution is 2.16. The molecule has 29 heavy (non-hydrogen) atoms. The van der Waals surface area contributed by atoms with Crippen molar-refractivity contribution in [1.82, 2.24) is 20.3 Å². The van der Waals surface area contributed by atoms with Gasteiger partial charge in [0, 0.05) is 30.9 Å². The van der Waals surface area contributed by atoms with Crippen LogP contribution in [0.25, 0.3) is 0 Å². The van der Waals surface area contributed by atoms with Gasteiger partial charge >= 0.3 is 0 Å². The van der Waals surface area contributed by atoms with Gasteiger partial charge in [0.15, 0.2) is 0 Å². The number of aryl methyl sites for hydroxylation is 2. The zero-order chi connectivity index (χ0) is 20.6. The van der Waals surface area contributed by atoms with Gasteiger partial charge in [-0.05, 0) is 55.8 Å². The van der Waals surface area contributed by atoms with Gasteiger partial charge in [0.25, 0.3) is 5.91 Å². The molecule has 2 aromatic heterocycles. The topological polar surface area (TPSA) is 101 Å². The molecule has 1 amide bonds. The molecule has 2 heterocycles. The van der Waals surface area contributed by atoms with Crippen LogP contribution < -0.4 is 20.7 Å². The van der Waals surface area contributed by atoms with E-state index >= 15 is 0 Å². The molecule has 150 valence electrons. The summed E-state index contributed by atoms with van der Waals surface area (Å²) in [5.41, 5.74) is 1.69. The van der Waals surface area contributed by atoms with Gasteiger partial charge in [-0.25, -0.2) is 15.0 Å². The minimum absolute atomic E-state index is 0.138. The average molecular weight is 392 g/mol. The van der Waals surface area contributed by atoms with Gasteiger partial charge in [0.2, 0.25) is 0 Å². The highest BCUT2D eigenvalue weighted by Gasteiger charge is 2.06. The number of hydrogen-bond acceptors (Lipinski definition) is 7. The number of nitrogens with one attached hydrogen (secondary N) is 3. The second kappa shape index (κ2) is 9.50. The fourth-order valence-electron chi connectivity index (χ4n) is 2.67. The summed E-state index contributed by atoms with van der Waals surface area (Å²) in [5, 5.41) is 9.26. The Morgan fingerprint density at radius 1 is 0.966 bits per heavy atom. The van der Waals surface area contributed by atoms with Gasteiger partial charge in [-0.3, -0.25) is 4.79 Å². The number of ether oxygens (including phenoxy) is 1. The maximum Gasteiger partial charge on any atom is 0.251 e. The van der Waals surface area contributed by atoms with E-state index in [-0.39, 0.29) is 5.91 Å². The van der Waals surface area contributed by atoms with E-state index in [1.807, 2.05) is 32.0 Å². The number of hydrogen-bond donors (Lipinski definition) is 3. The lowest BCUT2D eigenvalue weighted by molar-refractivity contribution is 0.0955. The van der Waals surface area contributed by atoms with Crippen LogP contribution in [0.15, 0.2) is 48.7 Å². The maximum absolute atomic E-state index is 12.2. The second-order valence-corrected chi connectivity index (χ2v) is 6.44. The second-order valence-electron chi connectivity index (χ2n) is 6.44. The molecule has 8 nitrogen and oxygen atoms in total. The number of amides is 1. The molecular formula is C21H24N6O2. The lowest BCUT2D eigenvalue weighted by Crippen LogP contribution is -2.28. The highest BCUT2D eigenvalue weighted by molar-refractivity contribution is 5.94. The number of aromatic nitrogens is 3. The zero-order valence-corrected chi connectivity index (χ0v) is 16.7. The number of rotatable bonds is 8. The number of methoxy groups -OCH3 is 1. The van der Waals surface area contributed by atoms with Gasteiger partial charge in [-0.2, -0.15) is 0 Å². The van der Waals surface area contributed by atoms with Crippen LogP contribution in [0.2, 0.25) is 0 Å². The molecule has 0 bridgehead atoms. The summed E-state index contributed by atoms with van der Waals surface area (Å²) in [6, 6.07) is 12.7. The Hall–Kier alpha value is -3.68. The van der Waals surface area contributed by atoms with E-state index < -0.39 is 0 Å². The van der Waals surface area contributed by atoms with Crippen LogP contribution in [-0.2, 0) is 0 Å². The molecular weight excluding hydrogens is 368 g/mol. The van der Waals surface area contributed by atoms with Crippen molar-refractivity contribution in [1.29, 1.82) is 0 Å². The van der Waals surface area contributed by atoms with Crippen LogP contribution in [-0.4, -0.2) is 41.1 Å². The third-order valence-electron chi connectivity index (χ3n) is 4.08. The first kappa shape index (κ1) is 20.1. The van der Waals surface area contributed by atoms with Crippen molar-refractivity contribution < 1.29 is 9.53 Å². The van der Waals surface area contributed by atoms with Gasteiger partial charge in [0.1, 0.15) is 29.0 Å². The van der Waals surface area contributed by atoms with E-state index in [0.29, 0.717) is 41.9 Å². The monoisotopic (exact) mass is 392 g/mol. The Morgan fingerprint density at radius 3 is 2.45 bits per heavy atom. The summed E-state index contributed by atoms with van der Waals surface area (Å²) in [6.45, 7) is 4.81. The number of anilines is 3. The van der Waals surface area contributed by atoms with E-state index in [1.165, 1.54) is 0 Å². The number of carbonyl (C=O) groups is 1. The van der Waals surface area contributed by atoms with Crippen molar-refractivity contribution in [3.8, 4) is 5.75 Å². The van der Waals surface area contributed by atoms with E-state index in [4.69, 9.17) is 4.74 Å². The van der Waals surface area contributed by atoms with E-state index in [2.05, 4.69) is 30.9 Å². The van der Waals surface area contributed by atoms with Crippen molar-refractivity contribution in [2.75, 3.05) is 30.8 Å². The molecule has 0 saturated carbocycles. The number of nitrogens with zero attached hydrogens (tertiary/aromatic N) is 3. The Kier molecular flexibility index (Phi) is 6.57. The molecule has 0 saturated heterocycles. The molecule has 3 N–H and O–H groups in total. The molecule has 0 aliphatic rings. The number of carbonyl (C=O) groups excluding carboxylic acids is 1. The van der Waals surface area contributed by atoms with Crippen LogP contribution >= 0.6 is 0 Å². The van der Waals surface area contributed by atoms with Crippen molar-refractivity contribution in [2.24, 2.45) is 0 Å². The first-order chi connectivity index (χ1) is 14.0. The van der Waals surface area contributed by atoms with Crippen molar-refractivity contribution in [2.45, 2.75) is 13.8 Å². The van der Waals surface area contributed by atoms with E-state index in [9.17, 15) is 4.79 Å². The first-order valence-electron chi connectivity index (χ1n) is 9.25. The van der Waals surface area contributed by atoms with Crippen molar-refractivity contribution in [3.05, 3.63) is 65.6 Å². The first-order valence-corrected chi connectivity index (χ1v) is 9.25. The molecule has 0 radical (unpaired) electrons. The zero-order valence-electron chi connectivity index (χ0n) is 16.7. The fraction of sp³-hybridized carbons (Fsp3) is 0.238. The molecule has 0 aliphatic carbocycles. The minimum atomic E-state index is -0.138. The Bertz CT molecular complexity index is 975. The molecule has 0 fully saturated rings. The predicted octanol–water partition coefficient (Wildman–Crippen LogP) is 3.08. The molecule has 0 unspecified atom stereocenters. The maximum atomic E-state index is 12.2. The summed E-state index contributed by atoms with van der Waals surface area (Å²) >= 11 is 0. The van der Waals surface area contributed by atoms with Gasteiger partial charge in [-0.15, -0.1) is 0 Å². The van der Waals surface area contributed by atoms with Crippen LogP contribution in [0.1, 0.15) is 21.7 Å². The fourth-order valence-corrected chi connectivity index (χ4v) is 2.67. The lowest BCUT2D eigenvalue weighted by atomic mass is 10.2. The van der Waals surface area contributed by atoms with E-state index in [0.717, 1.165) is 11.4 Å². The highest BCUT2D eigenvalue weighted by atomic mass is 16.5. The molecule has 0 spiro atoms. The third kappa shape index (κ3) is 5.90. The van der Waals surface area contributed by atoms with Crippen LogP contribution in [0.5, 0.6) is 5.75 Å². The van der Waals surface area contributed by atoms with Crippen molar-refractivity contribution >= 4 is 23.4 Å². The number of benzene rings is 1. The molecule has 3 rings (SSSR count). The lowest BCUT2D eigenvalue weighted by Gasteiger charge is -2.11. The Balaban J connectivity index is 1.52. The molecule has 0 aliphatic heterocycles. The molecule has 3 aromatic rings.